The van der Waals surface area contributed by atoms with E-state index in [4.69, 9.17) is 0 Å². The van der Waals surface area contributed by atoms with E-state index in [-0.39, 0.29) is 5.56 Å². The molecule has 0 saturated carbocycles. The summed E-state index contributed by atoms with van der Waals surface area (Å²) in [5.74, 6) is 0. The number of fused-ring (bicyclic) bond motifs is 1. The van der Waals surface area contributed by atoms with E-state index in [0.717, 1.165) is 16.4 Å². The summed E-state index contributed by atoms with van der Waals surface area (Å²) < 4.78 is 1.39. The highest BCUT2D eigenvalue weighted by Crippen LogP contribution is 2.19. The molecule has 0 aliphatic carbocycles. The molecule has 0 N–H and O–H groups in total. The Morgan fingerprint density at radius 3 is 2.69 bits per heavy atom. The number of aryl methyl sites for hydroxylation is 1. The van der Waals surface area contributed by atoms with Gasteiger partial charge in [-0.25, -0.2) is 4.98 Å². The van der Waals surface area contributed by atoms with Crippen molar-refractivity contribution in [1.29, 1.82) is 0 Å². The van der Waals surface area contributed by atoms with Crippen molar-refractivity contribution in [3.8, 4) is 0 Å². The molecule has 5 nitrogen and oxygen atoms in total. The third kappa shape index (κ3) is 1.59. The Labute approximate surface area is 97.4 Å². The Bertz CT molecular complexity index is 584. The first kappa shape index (κ1) is 11.1. The average molecular weight is 238 g/mol. The zero-order valence-electron chi connectivity index (χ0n) is 9.81. The molecule has 2 rings (SSSR count). The Morgan fingerprint density at radius 2 is 2.12 bits per heavy atom. The second-order valence-electron chi connectivity index (χ2n) is 3.81. The molecule has 0 bridgehead atoms. The van der Waals surface area contributed by atoms with Gasteiger partial charge in [0.05, 0.1) is 0 Å². The molecule has 2 heterocycles. The van der Waals surface area contributed by atoms with Crippen LogP contribution in [0.15, 0.2) is 4.79 Å². The third-order valence-corrected chi connectivity index (χ3v) is 3.51. The van der Waals surface area contributed by atoms with Crippen molar-refractivity contribution < 1.29 is 0 Å². The van der Waals surface area contributed by atoms with Gasteiger partial charge in [-0.3, -0.25) is 4.79 Å². The molecule has 6 heteroatoms. The van der Waals surface area contributed by atoms with Crippen molar-refractivity contribution in [3.63, 3.8) is 0 Å². The molecule has 16 heavy (non-hydrogen) atoms. The topological polar surface area (TPSA) is 50.5 Å². The van der Waals surface area contributed by atoms with Crippen LogP contribution < -0.4 is 10.5 Å². The molecule has 86 valence electrons. The molecule has 0 aliphatic rings. The summed E-state index contributed by atoms with van der Waals surface area (Å²) in [5.41, 5.74) is 1.50. The molecular formula is C10H14N4OS. The van der Waals surface area contributed by atoms with E-state index in [1.54, 1.807) is 0 Å². The van der Waals surface area contributed by atoms with Crippen LogP contribution in [0.2, 0.25) is 0 Å². The molecule has 0 saturated heterocycles. The van der Waals surface area contributed by atoms with Crippen molar-refractivity contribution in [2.75, 3.05) is 19.0 Å². The van der Waals surface area contributed by atoms with Crippen LogP contribution in [0.4, 0.5) is 5.13 Å². The number of hydrogen-bond acceptors (Lipinski definition) is 5. The summed E-state index contributed by atoms with van der Waals surface area (Å²) in [6.07, 6.45) is 0.690. The third-order valence-electron chi connectivity index (χ3n) is 2.44. The molecule has 0 atom stereocenters. The van der Waals surface area contributed by atoms with Crippen LogP contribution in [0.3, 0.4) is 0 Å². The van der Waals surface area contributed by atoms with Crippen LogP contribution in [0.25, 0.3) is 4.96 Å². The van der Waals surface area contributed by atoms with Crippen LogP contribution in [0.1, 0.15) is 18.2 Å². The van der Waals surface area contributed by atoms with Gasteiger partial charge in [-0.15, -0.1) is 5.10 Å². The molecule has 0 spiro atoms. The van der Waals surface area contributed by atoms with Gasteiger partial charge in [0.1, 0.15) is 0 Å². The predicted molar refractivity (Wildman–Crippen MR) is 65.6 cm³/mol. The zero-order valence-corrected chi connectivity index (χ0v) is 10.6. The molecule has 0 fully saturated rings. The molecule has 0 aromatic carbocycles. The average Bonchev–Trinajstić information content (AvgIpc) is 2.62. The standard InChI is InChI=1S/C10H14N4OS/c1-5-7-6(2)11-9-14(8(7)15)12-10(16-9)13(3)4/h5H2,1-4H3. The highest BCUT2D eigenvalue weighted by atomic mass is 32.1. The maximum Gasteiger partial charge on any atom is 0.278 e. The van der Waals surface area contributed by atoms with Crippen molar-refractivity contribution >= 4 is 21.4 Å². The van der Waals surface area contributed by atoms with E-state index in [0.29, 0.717) is 11.4 Å². The fraction of sp³-hybridized carbons (Fsp3) is 0.500. The van der Waals surface area contributed by atoms with Crippen LogP contribution in [-0.4, -0.2) is 28.7 Å². The molecule has 0 amide bonds. The highest BCUT2D eigenvalue weighted by molar-refractivity contribution is 7.20. The van der Waals surface area contributed by atoms with Gasteiger partial charge in [0, 0.05) is 25.4 Å². The van der Waals surface area contributed by atoms with Crippen LogP contribution in [0.5, 0.6) is 0 Å². The first-order valence-electron chi connectivity index (χ1n) is 5.11. The van der Waals surface area contributed by atoms with Gasteiger partial charge in [-0.1, -0.05) is 18.3 Å². The zero-order chi connectivity index (χ0) is 11.9. The van der Waals surface area contributed by atoms with E-state index in [1.807, 2.05) is 32.8 Å². The second-order valence-corrected chi connectivity index (χ2v) is 4.74. The van der Waals surface area contributed by atoms with Gasteiger partial charge in [0.15, 0.2) is 0 Å². The monoisotopic (exact) mass is 238 g/mol. The maximum atomic E-state index is 12.1. The van der Waals surface area contributed by atoms with Crippen molar-refractivity contribution in [2.45, 2.75) is 20.3 Å². The van der Waals surface area contributed by atoms with Gasteiger partial charge >= 0.3 is 0 Å². The smallest absolute Gasteiger partial charge is 0.278 e. The normalized spacial score (nSPS) is 11.0. The summed E-state index contributed by atoms with van der Waals surface area (Å²) in [5, 5.41) is 5.04. The molecular weight excluding hydrogens is 224 g/mol. The number of anilines is 1. The molecule has 2 aromatic heterocycles. The fourth-order valence-electron chi connectivity index (χ4n) is 1.56. The molecule has 0 radical (unpaired) electrons. The lowest BCUT2D eigenvalue weighted by atomic mass is 10.2. The summed E-state index contributed by atoms with van der Waals surface area (Å²) in [6.45, 7) is 3.83. The van der Waals surface area contributed by atoms with Gasteiger partial charge in [-0.2, -0.15) is 4.52 Å². The largest absolute Gasteiger partial charge is 0.353 e. The number of aromatic nitrogens is 3. The van der Waals surface area contributed by atoms with E-state index < -0.39 is 0 Å². The van der Waals surface area contributed by atoms with E-state index in [2.05, 4.69) is 10.1 Å². The minimum absolute atomic E-state index is 0.0469. The summed E-state index contributed by atoms with van der Waals surface area (Å²) in [7, 11) is 3.80. The van der Waals surface area contributed by atoms with Crippen molar-refractivity contribution in [1.82, 2.24) is 14.6 Å². The number of nitrogens with zero attached hydrogens (tertiary/aromatic N) is 4. The minimum Gasteiger partial charge on any atom is -0.353 e. The number of hydrogen-bond donors (Lipinski definition) is 0. The van der Waals surface area contributed by atoms with E-state index in [9.17, 15) is 4.79 Å². The first-order chi connectivity index (χ1) is 7.54. The lowest BCUT2D eigenvalue weighted by Gasteiger charge is -2.03. The summed E-state index contributed by atoms with van der Waals surface area (Å²) >= 11 is 1.42. The molecule has 0 unspecified atom stereocenters. The van der Waals surface area contributed by atoms with Crippen LogP contribution >= 0.6 is 11.3 Å². The fourth-order valence-corrected chi connectivity index (χ4v) is 2.42. The number of rotatable bonds is 2. The minimum atomic E-state index is -0.0469. The van der Waals surface area contributed by atoms with E-state index in [1.165, 1.54) is 15.9 Å². The SMILES string of the molecule is CCc1c(C)nc2sc(N(C)C)nn2c1=O. The summed E-state index contributed by atoms with van der Waals surface area (Å²) in [4.78, 5) is 19.0. The van der Waals surface area contributed by atoms with Gasteiger partial charge in [0.2, 0.25) is 10.1 Å². The van der Waals surface area contributed by atoms with Crippen molar-refractivity contribution in [3.05, 3.63) is 21.6 Å². The van der Waals surface area contributed by atoms with Crippen LogP contribution in [-0.2, 0) is 6.42 Å². The predicted octanol–water partition coefficient (Wildman–Crippen LogP) is 1.09. The maximum absolute atomic E-state index is 12.1. The quantitative estimate of drug-likeness (QED) is 0.786. The van der Waals surface area contributed by atoms with E-state index >= 15 is 0 Å². The molecule has 0 aliphatic heterocycles. The Hall–Kier alpha value is -1.43. The first-order valence-corrected chi connectivity index (χ1v) is 5.93. The highest BCUT2D eigenvalue weighted by Gasteiger charge is 2.12. The Morgan fingerprint density at radius 1 is 1.44 bits per heavy atom. The van der Waals surface area contributed by atoms with Gasteiger partial charge in [-0.05, 0) is 13.3 Å². The second kappa shape index (κ2) is 3.86. The van der Waals surface area contributed by atoms with Crippen molar-refractivity contribution in [2.24, 2.45) is 0 Å². The lowest BCUT2D eigenvalue weighted by Crippen LogP contribution is -2.21. The van der Waals surface area contributed by atoms with Gasteiger partial charge in [0.25, 0.3) is 5.56 Å². The summed E-state index contributed by atoms with van der Waals surface area (Å²) in [6, 6.07) is 0. The van der Waals surface area contributed by atoms with Gasteiger partial charge < -0.3 is 4.90 Å². The lowest BCUT2D eigenvalue weighted by molar-refractivity contribution is 0.845. The Balaban J connectivity index is 2.79. The Kier molecular flexibility index (Phi) is 2.67. The molecule has 2 aromatic rings. The van der Waals surface area contributed by atoms with Crippen LogP contribution in [0, 0.1) is 6.92 Å².